The van der Waals surface area contributed by atoms with Crippen molar-refractivity contribution in [2.75, 3.05) is 0 Å². The summed E-state index contributed by atoms with van der Waals surface area (Å²) in [5, 5.41) is 0. The van der Waals surface area contributed by atoms with E-state index < -0.39 is 0 Å². The highest BCUT2D eigenvalue weighted by atomic mass is 32.1. The van der Waals surface area contributed by atoms with Gasteiger partial charge in [-0.1, -0.05) is 18.2 Å². The van der Waals surface area contributed by atoms with Crippen molar-refractivity contribution in [1.82, 2.24) is 0 Å². The standard InChI is InChI=1S/C8H11NS/c1-6(9)7-4-2-3-5-8(7)10/h2-6,10H,9H2,1H3/t6-/m1/s1. The van der Waals surface area contributed by atoms with Crippen LogP contribution in [0.2, 0.25) is 0 Å². The van der Waals surface area contributed by atoms with E-state index >= 15 is 0 Å². The maximum absolute atomic E-state index is 5.67. The van der Waals surface area contributed by atoms with Crippen LogP contribution in [0.15, 0.2) is 29.2 Å². The monoisotopic (exact) mass is 153 g/mol. The Morgan fingerprint density at radius 2 is 2.00 bits per heavy atom. The molecule has 0 saturated carbocycles. The molecule has 0 unspecified atom stereocenters. The van der Waals surface area contributed by atoms with Gasteiger partial charge in [-0.2, -0.15) is 0 Å². The number of rotatable bonds is 1. The summed E-state index contributed by atoms with van der Waals surface area (Å²) in [5.41, 5.74) is 6.77. The van der Waals surface area contributed by atoms with Crippen molar-refractivity contribution >= 4 is 12.6 Å². The first-order valence-corrected chi connectivity index (χ1v) is 3.70. The lowest BCUT2D eigenvalue weighted by Crippen LogP contribution is -2.05. The van der Waals surface area contributed by atoms with Crippen LogP contribution < -0.4 is 5.73 Å². The van der Waals surface area contributed by atoms with E-state index in [4.69, 9.17) is 5.73 Å². The lowest BCUT2D eigenvalue weighted by atomic mass is 10.1. The third-order valence-corrected chi connectivity index (χ3v) is 1.83. The summed E-state index contributed by atoms with van der Waals surface area (Å²) in [5.74, 6) is 0. The van der Waals surface area contributed by atoms with Gasteiger partial charge >= 0.3 is 0 Å². The second-order valence-corrected chi connectivity index (χ2v) is 2.83. The van der Waals surface area contributed by atoms with Gasteiger partial charge in [0.05, 0.1) is 0 Å². The molecule has 0 saturated heterocycles. The number of hydrogen-bond donors (Lipinski definition) is 2. The van der Waals surface area contributed by atoms with Crippen molar-refractivity contribution < 1.29 is 0 Å². The summed E-state index contributed by atoms with van der Waals surface area (Å²) >= 11 is 4.26. The molecular formula is C8H11NS. The maximum atomic E-state index is 5.67. The topological polar surface area (TPSA) is 26.0 Å². The van der Waals surface area contributed by atoms with Gasteiger partial charge in [-0.05, 0) is 18.6 Å². The van der Waals surface area contributed by atoms with Gasteiger partial charge in [-0.3, -0.25) is 0 Å². The number of nitrogens with two attached hydrogens (primary N) is 1. The van der Waals surface area contributed by atoms with Crippen LogP contribution in [0, 0.1) is 0 Å². The van der Waals surface area contributed by atoms with Gasteiger partial charge in [0.25, 0.3) is 0 Å². The highest BCUT2D eigenvalue weighted by Crippen LogP contribution is 2.18. The fraction of sp³-hybridized carbons (Fsp3) is 0.250. The van der Waals surface area contributed by atoms with Gasteiger partial charge in [0, 0.05) is 10.9 Å². The Morgan fingerprint density at radius 3 is 2.40 bits per heavy atom. The summed E-state index contributed by atoms with van der Waals surface area (Å²) in [6, 6.07) is 7.94. The van der Waals surface area contributed by atoms with Crippen molar-refractivity contribution in [3.05, 3.63) is 29.8 Å². The van der Waals surface area contributed by atoms with Crippen LogP contribution in [0.3, 0.4) is 0 Å². The molecule has 0 radical (unpaired) electrons. The number of benzene rings is 1. The average Bonchev–Trinajstić information content (AvgIpc) is 1.88. The van der Waals surface area contributed by atoms with Crippen molar-refractivity contribution in [2.45, 2.75) is 17.9 Å². The quantitative estimate of drug-likeness (QED) is 0.593. The Hall–Kier alpha value is -0.470. The van der Waals surface area contributed by atoms with Gasteiger partial charge in [-0.15, -0.1) is 12.6 Å². The van der Waals surface area contributed by atoms with E-state index in [9.17, 15) is 0 Å². The predicted octanol–water partition coefficient (Wildman–Crippen LogP) is 2.00. The first-order chi connectivity index (χ1) is 4.72. The van der Waals surface area contributed by atoms with Crippen molar-refractivity contribution in [3.63, 3.8) is 0 Å². The van der Waals surface area contributed by atoms with Crippen LogP contribution in [-0.4, -0.2) is 0 Å². The maximum Gasteiger partial charge on any atom is 0.0277 e. The van der Waals surface area contributed by atoms with Gasteiger partial charge in [0.15, 0.2) is 0 Å². The minimum absolute atomic E-state index is 0.0775. The van der Waals surface area contributed by atoms with Crippen LogP contribution in [0.25, 0.3) is 0 Å². The van der Waals surface area contributed by atoms with Crippen molar-refractivity contribution in [3.8, 4) is 0 Å². The van der Waals surface area contributed by atoms with E-state index in [1.807, 2.05) is 31.2 Å². The molecule has 0 aliphatic rings. The molecule has 0 aromatic heterocycles. The summed E-state index contributed by atoms with van der Waals surface area (Å²) in [4.78, 5) is 0.970. The highest BCUT2D eigenvalue weighted by molar-refractivity contribution is 7.80. The molecule has 0 amide bonds. The Balaban J connectivity index is 3.03. The molecule has 0 fully saturated rings. The lowest BCUT2D eigenvalue weighted by Gasteiger charge is -2.06. The third kappa shape index (κ3) is 1.52. The molecule has 0 bridgehead atoms. The van der Waals surface area contributed by atoms with E-state index in [0.717, 1.165) is 10.5 Å². The predicted molar refractivity (Wildman–Crippen MR) is 46.3 cm³/mol. The van der Waals surface area contributed by atoms with Gasteiger partial charge < -0.3 is 5.73 Å². The summed E-state index contributed by atoms with van der Waals surface area (Å²) < 4.78 is 0. The number of hydrogen-bond acceptors (Lipinski definition) is 2. The first kappa shape index (κ1) is 7.63. The molecule has 1 atom stereocenters. The smallest absolute Gasteiger partial charge is 0.0277 e. The largest absolute Gasteiger partial charge is 0.324 e. The second kappa shape index (κ2) is 3.08. The molecule has 1 aromatic carbocycles. The van der Waals surface area contributed by atoms with E-state index in [1.165, 1.54) is 0 Å². The molecule has 54 valence electrons. The van der Waals surface area contributed by atoms with Crippen LogP contribution in [0.1, 0.15) is 18.5 Å². The summed E-state index contributed by atoms with van der Waals surface area (Å²) in [6.07, 6.45) is 0. The zero-order chi connectivity index (χ0) is 7.56. The van der Waals surface area contributed by atoms with Gasteiger partial charge in [0.1, 0.15) is 0 Å². The minimum Gasteiger partial charge on any atom is -0.324 e. The fourth-order valence-electron chi connectivity index (χ4n) is 0.873. The molecule has 10 heavy (non-hydrogen) atoms. The SMILES string of the molecule is C[C@@H](N)c1ccccc1S. The van der Waals surface area contributed by atoms with E-state index in [1.54, 1.807) is 0 Å². The summed E-state index contributed by atoms with van der Waals surface area (Å²) in [7, 11) is 0. The van der Waals surface area contributed by atoms with E-state index in [0.29, 0.717) is 0 Å². The van der Waals surface area contributed by atoms with E-state index in [-0.39, 0.29) is 6.04 Å². The van der Waals surface area contributed by atoms with Crippen LogP contribution in [0.4, 0.5) is 0 Å². The molecule has 1 rings (SSSR count). The fourth-order valence-corrected chi connectivity index (χ4v) is 1.24. The zero-order valence-electron chi connectivity index (χ0n) is 5.91. The molecule has 0 aliphatic heterocycles. The lowest BCUT2D eigenvalue weighted by molar-refractivity contribution is 0.798. The Kier molecular flexibility index (Phi) is 2.35. The van der Waals surface area contributed by atoms with Gasteiger partial charge in [0.2, 0.25) is 0 Å². The highest BCUT2D eigenvalue weighted by Gasteiger charge is 2.00. The molecule has 0 heterocycles. The molecule has 2 N–H and O–H groups in total. The second-order valence-electron chi connectivity index (χ2n) is 2.35. The number of thiol groups is 1. The molecule has 0 aliphatic carbocycles. The Bertz CT molecular complexity index is 220. The van der Waals surface area contributed by atoms with Crippen LogP contribution in [0.5, 0.6) is 0 Å². The normalized spacial score (nSPS) is 13.1. The molecule has 1 aromatic rings. The molecule has 1 nitrogen and oxygen atoms in total. The van der Waals surface area contributed by atoms with Crippen LogP contribution in [-0.2, 0) is 0 Å². The first-order valence-electron chi connectivity index (χ1n) is 3.25. The Morgan fingerprint density at radius 1 is 1.40 bits per heavy atom. The zero-order valence-corrected chi connectivity index (χ0v) is 6.81. The third-order valence-electron chi connectivity index (χ3n) is 1.43. The molecular weight excluding hydrogens is 142 g/mol. The minimum atomic E-state index is 0.0775. The van der Waals surface area contributed by atoms with E-state index in [2.05, 4.69) is 12.6 Å². The van der Waals surface area contributed by atoms with Gasteiger partial charge in [-0.25, -0.2) is 0 Å². The van der Waals surface area contributed by atoms with Crippen LogP contribution >= 0.6 is 12.6 Å². The summed E-state index contributed by atoms with van der Waals surface area (Å²) in [6.45, 7) is 1.95. The average molecular weight is 153 g/mol. The molecule has 0 spiro atoms. The van der Waals surface area contributed by atoms with Crippen molar-refractivity contribution in [2.24, 2.45) is 5.73 Å². The Labute approximate surface area is 66.7 Å². The van der Waals surface area contributed by atoms with Crippen molar-refractivity contribution in [1.29, 1.82) is 0 Å². The molecule has 2 heteroatoms.